The summed E-state index contributed by atoms with van der Waals surface area (Å²) in [5.41, 5.74) is 2.16. The van der Waals surface area contributed by atoms with E-state index in [9.17, 15) is 22.8 Å². The number of carboxylic acid groups (broad SMARTS) is 1. The van der Waals surface area contributed by atoms with Gasteiger partial charge in [0.25, 0.3) is 5.91 Å². The highest BCUT2D eigenvalue weighted by molar-refractivity contribution is 5.94. The molecule has 1 aliphatic heterocycles. The number of aliphatic carboxylic acids is 1. The Balaban J connectivity index is 0.000000509. The minimum absolute atomic E-state index is 0.0811. The Bertz CT molecular complexity index is 1040. The Kier molecular flexibility index (Phi) is 9.20. The van der Waals surface area contributed by atoms with E-state index in [4.69, 9.17) is 16.3 Å². The minimum Gasteiger partial charge on any atom is -0.475 e. The number of imidazole rings is 1. The Morgan fingerprint density at radius 2 is 1.76 bits per heavy atom. The summed E-state index contributed by atoms with van der Waals surface area (Å²) in [6.07, 6.45) is 0.0535. The number of halogens is 3. The van der Waals surface area contributed by atoms with Crippen LogP contribution in [0.15, 0.2) is 30.3 Å². The van der Waals surface area contributed by atoms with Crippen LogP contribution in [-0.4, -0.2) is 88.1 Å². The van der Waals surface area contributed by atoms with Crippen molar-refractivity contribution in [3.63, 3.8) is 0 Å². The number of carbonyl (C=O) groups excluding carboxylic acids is 2. The fraction of sp³-hybridized carbons (Fsp3) is 0.364. The molecule has 1 aliphatic rings. The molecule has 3 N–H and O–H groups in total. The number of rotatable bonds is 5. The molecule has 0 unspecified atom stereocenters. The van der Waals surface area contributed by atoms with Gasteiger partial charge in [0.1, 0.15) is 11.5 Å². The second-order valence-electron chi connectivity index (χ2n) is 7.28. The van der Waals surface area contributed by atoms with Gasteiger partial charge in [-0.05, 0) is 6.92 Å². The largest absolute Gasteiger partial charge is 0.490 e. The third kappa shape index (κ3) is 7.63. The van der Waals surface area contributed by atoms with E-state index in [1.807, 2.05) is 42.2 Å². The van der Waals surface area contributed by atoms with Crippen LogP contribution < -0.4 is 5.32 Å². The molecule has 0 bridgehead atoms. The molecule has 182 valence electrons. The second kappa shape index (κ2) is 11.9. The Labute approximate surface area is 194 Å². The highest BCUT2D eigenvalue weighted by Gasteiger charge is 2.38. The van der Waals surface area contributed by atoms with Gasteiger partial charge in [0.15, 0.2) is 0 Å². The predicted octanol–water partition coefficient (Wildman–Crippen LogP) is 1.53. The van der Waals surface area contributed by atoms with Gasteiger partial charge in [-0.2, -0.15) is 13.2 Å². The van der Waals surface area contributed by atoms with Gasteiger partial charge in [0, 0.05) is 37.4 Å². The van der Waals surface area contributed by atoms with E-state index >= 15 is 0 Å². The number of terminal acetylenes is 1. The summed E-state index contributed by atoms with van der Waals surface area (Å²) in [4.78, 5) is 45.0. The van der Waals surface area contributed by atoms with Gasteiger partial charge in [0.05, 0.1) is 13.1 Å². The molecule has 0 aliphatic carbocycles. The van der Waals surface area contributed by atoms with Crippen molar-refractivity contribution in [2.75, 3.05) is 39.3 Å². The predicted molar refractivity (Wildman–Crippen MR) is 117 cm³/mol. The lowest BCUT2D eigenvalue weighted by molar-refractivity contribution is -0.192. The number of H-pyrrole nitrogens is 1. The van der Waals surface area contributed by atoms with E-state index in [0.29, 0.717) is 44.2 Å². The molecule has 1 aromatic carbocycles. The summed E-state index contributed by atoms with van der Waals surface area (Å²) in [5, 5.41) is 9.78. The van der Waals surface area contributed by atoms with Gasteiger partial charge in [-0.3, -0.25) is 14.5 Å². The van der Waals surface area contributed by atoms with Gasteiger partial charge < -0.3 is 20.3 Å². The molecule has 34 heavy (non-hydrogen) atoms. The monoisotopic (exact) mass is 479 g/mol. The second-order valence-corrected chi connectivity index (χ2v) is 7.28. The number of amides is 2. The van der Waals surface area contributed by atoms with Crippen LogP contribution in [0.3, 0.4) is 0 Å². The number of aromatic amines is 1. The van der Waals surface area contributed by atoms with Crippen LogP contribution in [0.4, 0.5) is 13.2 Å². The van der Waals surface area contributed by atoms with Gasteiger partial charge in [-0.15, -0.1) is 6.42 Å². The number of hydrogen-bond donors (Lipinski definition) is 3. The molecule has 9 nitrogen and oxygen atoms in total. The molecule has 3 rings (SSSR count). The first-order valence-corrected chi connectivity index (χ1v) is 10.2. The van der Waals surface area contributed by atoms with Gasteiger partial charge in [-0.25, -0.2) is 9.78 Å². The van der Waals surface area contributed by atoms with Crippen LogP contribution in [0, 0.1) is 19.3 Å². The van der Waals surface area contributed by atoms with E-state index in [0.717, 1.165) is 11.3 Å². The van der Waals surface area contributed by atoms with E-state index in [-0.39, 0.29) is 18.4 Å². The van der Waals surface area contributed by atoms with Crippen molar-refractivity contribution in [3.8, 4) is 23.7 Å². The first kappa shape index (κ1) is 26.4. The number of nitrogens with zero attached hydrogens (tertiary/aromatic N) is 3. The fourth-order valence-electron chi connectivity index (χ4n) is 3.07. The summed E-state index contributed by atoms with van der Waals surface area (Å²) in [6, 6.07) is 9.73. The molecular formula is C22H24F3N5O4. The smallest absolute Gasteiger partial charge is 0.475 e. The summed E-state index contributed by atoms with van der Waals surface area (Å²) < 4.78 is 31.7. The van der Waals surface area contributed by atoms with Gasteiger partial charge >= 0.3 is 12.1 Å². The molecule has 0 atom stereocenters. The van der Waals surface area contributed by atoms with Crippen LogP contribution in [0.2, 0.25) is 0 Å². The number of piperazine rings is 1. The zero-order chi connectivity index (χ0) is 25.3. The van der Waals surface area contributed by atoms with Crippen molar-refractivity contribution < 1.29 is 32.7 Å². The molecule has 2 aromatic rings. The molecule has 12 heteroatoms. The Morgan fingerprint density at radius 3 is 2.29 bits per heavy atom. The molecule has 0 spiro atoms. The number of nitrogens with one attached hydrogen (secondary N) is 2. The molecule has 1 fully saturated rings. The number of aryl methyl sites for hydroxylation is 1. The first-order valence-electron chi connectivity index (χ1n) is 10.2. The Morgan fingerprint density at radius 1 is 1.18 bits per heavy atom. The standard InChI is InChI=1S/C20H23N5O2.C2HF3O2/c1-3-9-21-17(26)14-24-10-12-25(13-11-24)20(27)18-15(2)22-19(23-18)16-7-5-4-6-8-16;3-2(4,5)1(6)7/h1,4-8H,9-14H2,2H3,(H,21,26)(H,22,23);(H,6,7). The fourth-order valence-corrected chi connectivity index (χ4v) is 3.07. The van der Waals surface area contributed by atoms with Crippen molar-refractivity contribution in [2.45, 2.75) is 13.1 Å². The van der Waals surface area contributed by atoms with Crippen molar-refractivity contribution in [1.82, 2.24) is 25.1 Å². The number of benzene rings is 1. The van der Waals surface area contributed by atoms with Crippen LogP contribution in [0.25, 0.3) is 11.4 Å². The molecule has 2 heterocycles. The highest BCUT2D eigenvalue weighted by Crippen LogP contribution is 2.19. The lowest BCUT2D eigenvalue weighted by atomic mass is 10.2. The molecular weight excluding hydrogens is 455 g/mol. The average Bonchev–Trinajstić information content (AvgIpc) is 3.19. The van der Waals surface area contributed by atoms with Crippen molar-refractivity contribution in [1.29, 1.82) is 0 Å². The number of hydrogen-bond acceptors (Lipinski definition) is 5. The average molecular weight is 479 g/mol. The third-order valence-electron chi connectivity index (χ3n) is 4.79. The quantitative estimate of drug-likeness (QED) is 0.560. The van der Waals surface area contributed by atoms with Gasteiger partial charge in [0.2, 0.25) is 5.91 Å². The summed E-state index contributed by atoms with van der Waals surface area (Å²) in [6.45, 7) is 4.80. The van der Waals surface area contributed by atoms with Gasteiger partial charge in [-0.1, -0.05) is 36.3 Å². The SMILES string of the molecule is C#CCNC(=O)CN1CCN(C(=O)c2nc(-c3ccccc3)[nH]c2C)CC1.O=C(O)C(F)(F)F. The lowest BCUT2D eigenvalue weighted by Gasteiger charge is -2.34. The van der Waals surface area contributed by atoms with Crippen molar-refractivity contribution in [2.24, 2.45) is 0 Å². The molecule has 1 aromatic heterocycles. The number of aromatic nitrogens is 2. The number of alkyl halides is 3. The normalized spacial score (nSPS) is 13.9. The topological polar surface area (TPSA) is 119 Å². The van der Waals surface area contributed by atoms with E-state index < -0.39 is 12.1 Å². The zero-order valence-corrected chi connectivity index (χ0v) is 18.4. The molecule has 1 saturated heterocycles. The van der Waals surface area contributed by atoms with Crippen LogP contribution in [0.1, 0.15) is 16.2 Å². The molecule has 0 saturated carbocycles. The zero-order valence-electron chi connectivity index (χ0n) is 18.4. The van der Waals surface area contributed by atoms with Crippen molar-refractivity contribution in [3.05, 3.63) is 41.7 Å². The van der Waals surface area contributed by atoms with Crippen LogP contribution >= 0.6 is 0 Å². The maximum Gasteiger partial charge on any atom is 0.490 e. The highest BCUT2D eigenvalue weighted by atomic mass is 19.4. The lowest BCUT2D eigenvalue weighted by Crippen LogP contribution is -2.51. The first-order chi connectivity index (χ1) is 16.0. The minimum atomic E-state index is -5.08. The maximum absolute atomic E-state index is 12.9. The number of carbonyl (C=O) groups is 3. The van der Waals surface area contributed by atoms with E-state index in [1.165, 1.54) is 0 Å². The van der Waals surface area contributed by atoms with E-state index in [1.54, 1.807) is 4.90 Å². The summed E-state index contributed by atoms with van der Waals surface area (Å²) >= 11 is 0. The number of carboxylic acids is 1. The van der Waals surface area contributed by atoms with Crippen LogP contribution in [0.5, 0.6) is 0 Å². The van der Waals surface area contributed by atoms with Crippen LogP contribution in [-0.2, 0) is 9.59 Å². The summed E-state index contributed by atoms with van der Waals surface area (Å²) in [7, 11) is 0. The molecule has 0 radical (unpaired) electrons. The van der Waals surface area contributed by atoms with E-state index in [2.05, 4.69) is 21.2 Å². The van der Waals surface area contributed by atoms with Crippen molar-refractivity contribution >= 4 is 17.8 Å². The summed E-state index contributed by atoms with van der Waals surface area (Å²) in [5.74, 6) is 0.144. The maximum atomic E-state index is 12.9. The third-order valence-corrected chi connectivity index (χ3v) is 4.79. The molecule has 2 amide bonds. The Hall–Kier alpha value is -3.85.